The second-order valence-corrected chi connectivity index (χ2v) is 6.82. The van der Waals surface area contributed by atoms with Crippen LogP contribution in [0.2, 0.25) is 0 Å². The number of ether oxygens (including phenoxy) is 1. The highest BCUT2D eigenvalue weighted by atomic mass is 16.5. The fourth-order valence-electron chi connectivity index (χ4n) is 2.87. The second kappa shape index (κ2) is 8.61. The number of hydrogen-bond donors (Lipinski definition) is 0. The van der Waals surface area contributed by atoms with E-state index < -0.39 is 11.9 Å². The molecule has 0 aliphatic heterocycles. The van der Waals surface area contributed by atoms with Crippen molar-refractivity contribution >= 4 is 11.8 Å². The Hall–Kier alpha value is -2.42. The normalized spacial score (nSPS) is 12.0. The Morgan fingerprint density at radius 3 is 2.08 bits per heavy atom. The average Bonchev–Trinajstić information content (AvgIpc) is 2.55. The van der Waals surface area contributed by atoms with Crippen LogP contribution in [0.4, 0.5) is 0 Å². The third-order valence-electron chi connectivity index (χ3n) is 4.30. The smallest absolute Gasteiger partial charge is 0.321 e. The summed E-state index contributed by atoms with van der Waals surface area (Å²) in [5, 5.41) is 0. The van der Waals surface area contributed by atoms with Gasteiger partial charge in [0.15, 0.2) is 5.78 Å². The number of ketones is 1. The predicted molar refractivity (Wildman–Crippen MR) is 99.8 cm³/mol. The molecule has 1 atom stereocenters. The van der Waals surface area contributed by atoms with E-state index >= 15 is 0 Å². The Bertz CT molecular complexity index is 712. The summed E-state index contributed by atoms with van der Waals surface area (Å²) in [6, 6.07) is 14.9. The maximum absolute atomic E-state index is 13.2. The van der Waals surface area contributed by atoms with Gasteiger partial charge in [0.1, 0.15) is 5.92 Å². The number of esters is 1. The van der Waals surface area contributed by atoms with Gasteiger partial charge in [-0.3, -0.25) is 9.59 Å². The van der Waals surface area contributed by atoms with Crippen molar-refractivity contribution in [3.8, 4) is 0 Å². The van der Waals surface area contributed by atoms with Crippen LogP contribution >= 0.6 is 0 Å². The fraction of sp³-hybridized carbons (Fsp3) is 0.364. The van der Waals surface area contributed by atoms with Crippen molar-refractivity contribution in [1.82, 2.24) is 0 Å². The minimum atomic E-state index is -0.923. The van der Waals surface area contributed by atoms with Gasteiger partial charge in [-0.05, 0) is 42.9 Å². The monoisotopic (exact) mass is 338 g/mol. The molecule has 25 heavy (non-hydrogen) atoms. The van der Waals surface area contributed by atoms with E-state index in [1.54, 1.807) is 12.1 Å². The third-order valence-corrected chi connectivity index (χ3v) is 4.30. The van der Waals surface area contributed by atoms with Crippen LogP contribution in [0.3, 0.4) is 0 Å². The Kier molecular flexibility index (Phi) is 6.51. The van der Waals surface area contributed by atoms with Crippen LogP contribution in [0.1, 0.15) is 53.2 Å². The largest absolute Gasteiger partial charge is 0.465 e. The molecule has 0 saturated heterocycles. The highest BCUT2D eigenvalue weighted by molar-refractivity contribution is 6.14. The first-order valence-corrected chi connectivity index (χ1v) is 8.73. The molecule has 0 N–H and O–H groups in total. The van der Waals surface area contributed by atoms with Crippen LogP contribution in [0.5, 0.6) is 0 Å². The first-order valence-electron chi connectivity index (χ1n) is 8.73. The number of hydrogen-bond acceptors (Lipinski definition) is 3. The van der Waals surface area contributed by atoms with Gasteiger partial charge in [-0.25, -0.2) is 0 Å². The van der Waals surface area contributed by atoms with Crippen LogP contribution in [-0.4, -0.2) is 18.4 Å². The van der Waals surface area contributed by atoms with Crippen molar-refractivity contribution in [2.24, 2.45) is 5.92 Å². The van der Waals surface area contributed by atoms with E-state index in [1.165, 1.54) is 0 Å². The summed E-state index contributed by atoms with van der Waals surface area (Å²) < 4.78 is 5.43. The number of Topliss-reactive ketones (excluding diaryl/α,β-unsaturated/α-hetero) is 1. The van der Waals surface area contributed by atoms with Crippen LogP contribution < -0.4 is 0 Å². The van der Waals surface area contributed by atoms with Gasteiger partial charge in [-0.1, -0.05) is 62.4 Å². The van der Waals surface area contributed by atoms with Crippen LogP contribution in [-0.2, 0) is 9.53 Å². The molecule has 1 unspecified atom stereocenters. The summed E-state index contributed by atoms with van der Waals surface area (Å²) in [4.78, 5) is 25.9. The maximum Gasteiger partial charge on any atom is 0.321 e. The highest BCUT2D eigenvalue weighted by Crippen LogP contribution is 2.26. The van der Waals surface area contributed by atoms with Gasteiger partial charge in [-0.2, -0.15) is 0 Å². The lowest BCUT2D eigenvalue weighted by Gasteiger charge is -2.18. The van der Waals surface area contributed by atoms with Crippen molar-refractivity contribution in [2.75, 3.05) is 6.61 Å². The maximum atomic E-state index is 13.2. The van der Waals surface area contributed by atoms with Gasteiger partial charge >= 0.3 is 5.97 Å². The molecular formula is C22H26O3. The van der Waals surface area contributed by atoms with E-state index in [2.05, 4.69) is 13.8 Å². The van der Waals surface area contributed by atoms with Crippen molar-refractivity contribution in [1.29, 1.82) is 0 Å². The van der Waals surface area contributed by atoms with Gasteiger partial charge in [-0.15, -0.1) is 0 Å². The third kappa shape index (κ3) is 4.79. The molecule has 3 nitrogen and oxygen atoms in total. The standard InChI is InChI=1S/C22H26O3/c1-15(2)13-14-25-22(24)20(18-11-6-5-7-12-18)21(23)19-16(3)9-8-10-17(19)4/h5-12,15,20H,13-14H2,1-4H3. The SMILES string of the molecule is Cc1cccc(C)c1C(=O)C(C(=O)OCCC(C)C)c1ccccc1. The van der Waals surface area contributed by atoms with E-state index in [4.69, 9.17) is 4.74 Å². The van der Waals surface area contributed by atoms with Crippen molar-refractivity contribution in [3.05, 3.63) is 70.8 Å². The molecule has 0 amide bonds. The van der Waals surface area contributed by atoms with E-state index in [9.17, 15) is 9.59 Å². The highest BCUT2D eigenvalue weighted by Gasteiger charge is 2.32. The van der Waals surface area contributed by atoms with Crippen LogP contribution in [0, 0.1) is 19.8 Å². The summed E-state index contributed by atoms with van der Waals surface area (Å²) in [7, 11) is 0. The summed E-state index contributed by atoms with van der Waals surface area (Å²) >= 11 is 0. The van der Waals surface area contributed by atoms with E-state index in [0.29, 0.717) is 23.7 Å². The van der Waals surface area contributed by atoms with Crippen molar-refractivity contribution in [2.45, 2.75) is 40.0 Å². The van der Waals surface area contributed by atoms with Crippen molar-refractivity contribution in [3.63, 3.8) is 0 Å². The predicted octanol–water partition coefficient (Wildman–Crippen LogP) is 4.86. The molecule has 2 aromatic carbocycles. The summed E-state index contributed by atoms with van der Waals surface area (Å²) in [6.07, 6.45) is 0.783. The summed E-state index contributed by atoms with van der Waals surface area (Å²) in [5.41, 5.74) is 3.03. The van der Waals surface area contributed by atoms with Crippen LogP contribution in [0.25, 0.3) is 0 Å². The minimum Gasteiger partial charge on any atom is -0.465 e. The summed E-state index contributed by atoms with van der Waals surface area (Å²) in [5.74, 6) is -1.15. The number of benzene rings is 2. The molecule has 0 spiro atoms. The molecule has 0 bridgehead atoms. The number of carbonyl (C=O) groups excluding carboxylic acids is 2. The van der Waals surface area contributed by atoms with Gasteiger partial charge < -0.3 is 4.74 Å². The fourth-order valence-corrected chi connectivity index (χ4v) is 2.87. The lowest BCUT2D eigenvalue weighted by atomic mass is 9.87. The molecule has 0 aliphatic carbocycles. The molecular weight excluding hydrogens is 312 g/mol. The van der Waals surface area contributed by atoms with Gasteiger partial charge in [0.05, 0.1) is 6.61 Å². The first kappa shape index (κ1) is 18.9. The lowest BCUT2D eigenvalue weighted by molar-refractivity contribution is -0.144. The minimum absolute atomic E-state index is 0.198. The number of carbonyl (C=O) groups is 2. The van der Waals surface area contributed by atoms with Crippen molar-refractivity contribution < 1.29 is 14.3 Å². The molecule has 0 saturated carbocycles. The molecule has 2 rings (SSSR count). The number of aryl methyl sites for hydroxylation is 2. The first-order chi connectivity index (χ1) is 11.9. The molecule has 3 heteroatoms. The zero-order valence-corrected chi connectivity index (χ0v) is 15.4. The van der Waals surface area contributed by atoms with Gasteiger partial charge in [0.2, 0.25) is 0 Å². The lowest BCUT2D eigenvalue weighted by Crippen LogP contribution is -2.26. The zero-order valence-electron chi connectivity index (χ0n) is 15.4. The molecule has 0 aliphatic rings. The number of rotatable bonds is 7. The van der Waals surface area contributed by atoms with E-state index in [-0.39, 0.29) is 5.78 Å². The Morgan fingerprint density at radius 1 is 0.920 bits per heavy atom. The average molecular weight is 338 g/mol. The molecule has 0 heterocycles. The summed E-state index contributed by atoms with van der Waals surface area (Å²) in [6.45, 7) is 8.27. The zero-order chi connectivity index (χ0) is 18.4. The molecule has 0 radical (unpaired) electrons. The Labute approximate surface area is 150 Å². The Balaban J connectivity index is 2.35. The molecule has 0 aromatic heterocycles. The van der Waals surface area contributed by atoms with Gasteiger partial charge in [0.25, 0.3) is 0 Å². The molecule has 0 fully saturated rings. The van der Waals surface area contributed by atoms with Crippen LogP contribution in [0.15, 0.2) is 48.5 Å². The van der Waals surface area contributed by atoms with E-state index in [1.807, 2.05) is 50.2 Å². The topological polar surface area (TPSA) is 43.4 Å². The Morgan fingerprint density at radius 2 is 1.52 bits per heavy atom. The molecule has 132 valence electrons. The molecule has 2 aromatic rings. The second-order valence-electron chi connectivity index (χ2n) is 6.82. The quantitative estimate of drug-likeness (QED) is 0.411. The van der Waals surface area contributed by atoms with E-state index in [0.717, 1.165) is 17.5 Å². The van der Waals surface area contributed by atoms with Gasteiger partial charge in [0, 0.05) is 5.56 Å².